The second-order valence-electron chi connectivity index (χ2n) is 4.70. The molecule has 0 saturated heterocycles. The highest BCUT2D eigenvalue weighted by Crippen LogP contribution is 2.27. The lowest BCUT2D eigenvalue weighted by Crippen LogP contribution is -2.24. The van der Waals surface area contributed by atoms with Crippen molar-refractivity contribution in [2.24, 2.45) is 5.92 Å². The van der Waals surface area contributed by atoms with Crippen LogP contribution in [0.5, 0.6) is 0 Å². The number of carbonyl (C=O) groups is 2. The van der Waals surface area contributed by atoms with E-state index < -0.39 is 5.97 Å². The molecule has 0 aliphatic heterocycles. The molecule has 98 valence electrons. The molecule has 0 bridgehead atoms. The van der Waals surface area contributed by atoms with Crippen LogP contribution in [0.1, 0.15) is 48.4 Å². The average molecular weight is 251 g/mol. The fraction of sp³-hybridized carbons (Fsp3) is 0.538. The Labute approximate surface area is 105 Å². The molecule has 1 saturated carbocycles. The van der Waals surface area contributed by atoms with Gasteiger partial charge in [-0.1, -0.05) is 12.8 Å². The fourth-order valence-corrected chi connectivity index (χ4v) is 2.32. The van der Waals surface area contributed by atoms with Gasteiger partial charge in [-0.3, -0.25) is 4.79 Å². The first kappa shape index (κ1) is 12.7. The van der Waals surface area contributed by atoms with Crippen LogP contribution >= 0.6 is 0 Å². The van der Waals surface area contributed by atoms with Crippen LogP contribution in [-0.2, 0) is 11.3 Å². The maximum Gasteiger partial charge on any atom is 0.371 e. The van der Waals surface area contributed by atoms with Gasteiger partial charge in [0.2, 0.25) is 11.7 Å². The van der Waals surface area contributed by atoms with Gasteiger partial charge in [-0.05, 0) is 30.9 Å². The van der Waals surface area contributed by atoms with Gasteiger partial charge in [-0.2, -0.15) is 0 Å². The van der Waals surface area contributed by atoms with E-state index in [4.69, 9.17) is 9.52 Å². The number of carbonyl (C=O) groups excluding carboxylic acids is 1. The van der Waals surface area contributed by atoms with Crippen molar-refractivity contribution < 1.29 is 19.1 Å². The second-order valence-corrected chi connectivity index (χ2v) is 4.70. The molecule has 1 fully saturated rings. The zero-order valence-corrected chi connectivity index (χ0v) is 10.1. The van der Waals surface area contributed by atoms with Crippen LogP contribution in [0.2, 0.25) is 0 Å². The molecular weight excluding hydrogens is 234 g/mol. The first-order valence-corrected chi connectivity index (χ1v) is 6.24. The van der Waals surface area contributed by atoms with Gasteiger partial charge in [-0.15, -0.1) is 0 Å². The average Bonchev–Trinajstić information content (AvgIpc) is 2.96. The second kappa shape index (κ2) is 5.71. The van der Waals surface area contributed by atoms with Gasteiger partial charge in [0.05, 0.1) is 6.54 Å². The molecule has 1 heterocycles. The molecule has 2 rings (SSSR count). The number of rotatable bonds is 5. The van der Waals surface area contributed by atoms with Crippen molar-refractivity contribution in [1.82, 2.24) is 5.32 Å². The number of carboxylic acid groups (broad SMARTS) is 1. The van der Waals surface area contributed by atoms with Crippen LogP contribution < -0.4 is 5.32 Å². The normalized spacial score (nSPS) is 15.8. The van der Waals surface area contributed by atoms with Crippen molar-refractivity contribution in [2.75, 3.05) is 0 Å². The van der Waals surface area contributed by atoms with Crippen molar-refractivity contribution >= 4 is 11.9 Å². The highest BCUT2D eigenvalue weighted by Gasteiger charge is 2.18. The van der Waals surface area contributed by atoms with Crippen molar-refractivity contribution in [3.8, 4) is 0 Å². The van der Waals surface area contributed by atoms with E-state index in [9.17, 15) is 9.59 Å². The Morgan fingerprint density at radius 2 is 2.06 bits per heavy atom. The first-order valence-electron chi connectivity index (χ1n) is 6.24. The minimum Gasteiger partial charge on any atom is -0.475 e. The molecular formula is C13H17NO4. The van der Waals surface area contributed by atoms with Crippen molar-refractivity contribution in [3.63, 3.8) is 0 Å². The summed E-state index contributed by atoms with van der Waals surface area (Å²) in [6.07, 6.45) is 5.28. The Bertz CT molecular complexity index is 432. The van der Waals surface area contributed by atoms with Crippen LogP contribution in [0.3, 0.4) is 0 Å². The summed E-state index contributed by atoms with van der Waals surface area (Å²) < 4.78 is 5.05. The third kappa shape index (κ3) is 3.35. The molecule has 1 aromatic rings. The zero-order chi connectivity index (χ0) is 13.0. The Morgan fingerprint density at radius 3 is 2.67 bits per heavy atom. The van der Waals surface area contributed by atoms with Crippen LogP contribution in [0.4, 0.5) is 0 Å². The van der Waals surface area contributed by atoms with Crippen molar-refractivity contribution in [1.29, 1.82) is 0 Å². The predicted molar refractivity (Wildman–Crippen MR) is 64.1 cm³/mol. The lowest BCUT2D eigenvalue weighted by Gasteiger charge is -2.08. The van der Waals surface area contributed by atoms with Gasteiger partial charge in [0.25, 0.3) is 0 Å². The van der Waals surface area contributed by atoms with E-state index >= 15 is 0 Å². The molecule has 5 heteroatoms. The molecule has 0 aromatic carbocycles. The van der Waals surface area contributed by atoms with Crippen LogP contribution in [0, 0.1) is 5.92 Å². The molecule has 0 unspecified atom stereocenters. The van der Waals surface area contributed by atoms with Gasteiger partial charge < -0.3 is 14.8 Å². The summed E-state index contributed by atoms with van der Waals surface area (Å²) in [5, 5.41) is 11.4. The van der Waals surface area contributed by atoms with Crippen LogP contribution in [-0.4, -0.2) is 17.0 Å². The van der Waals surface area contributed by atoms with E-state index in [1.165, 1.54) is 18.9 Å². The van der Waals surface area contributed by atoms with E-state index in [1.807, 2.05) is 0 Å². The number of carboxylic acids is 1. The lowest BCUT2D eigenvalue weighted by atomic mass is 10.0. The first-order chi connectivity index (χ1) is 8.65. The van der Waals surface area contributed by atoms with Crippen LogP contribution in [0.25, 0.3) is 0 Å². The molecule has 0 spiro atoms. The Hall–Kier alpha value is -1.78. The Kier molecular flexibility index (Phi) is 4.02. The number of nitrogens with one attached hydrogen (secondary N) is 1. The molecule has 1 aromatic heterocycles. The SMILES string of the molecule is O=C(CC1CCCC1)NCc1ccc(C(=O)O)o1. The summed E-state index contributed by atoms with van der Waals surface area (Å²) in [4.78, 5) is 22.2. The third-order valence-corrected chi connectivity index (χ3v) is 3.28. The zero-order valence-electron chi connectivity index (χ0n) is 10.1. The highest BCUT2D eigenvalue weighted by atomic mass is 16.4. The maximum atomic E-state index is 11.6. The Balaban J connectivity index is 1.76. The topological polar surface area (TPSA) is 79.5 Å². The number of furan rings is 1. The van der Waals surface area contributed by atoms with E-state index in [2.05, 4.69) is 5.32 Å². The molecule has 2 N–H and O–H groups in total. The number of hydrogen-bond donors (Lipinski definition) is 2. The monoisotopic (exact) mass is 251 g/mol. The van der Waals surface area contributed by atoms with Crippen molar-refractivity contribution in [3.05, 3.63) is 23.7 Å². The minimum absolute atomic E-state index is 0.00942. The molecule has 5 nitrogen and oxygen atoms in total. The fourth-order valence-electron chi connectivity index (χ4n) is 2.32. The quantitative estimate of drug-likeness (QED) is 0.840. The summed E-state index contributed by atoms with van der Waals surface area (Å²) in [7, 11) is 0. The molecule has 0 radical (unpaired) electrons. The summed E-state index contributed by atoms with van der Waals surface area (Å²) in [6, 6.07) is 2.96. The van der Waals surface area contributed by atoms with Gasteiger partial charge in [-0.25, -0.2) is 4.79 Å². The number of amides is 1. The summed E-state index contributed by atoms with van der Waals surface area (Å²) in [5.74, 6) is -0.216. The molecule has 1 aliphatic rings. The summed E-state index contributed by atoms with van der Waals surface area (Å²) in [6.45, 7) is 0.249. The third-order valence-electron chi connectivity index (χ3n) is 3.28. The Morgan fingerprint density at radius 1 is 1.33 bits per heavy atom. The molecule has 18 heavy (non-hydrogen) atoms. The van der Waals surface area contributed by atoms with Gasteiger partial charge in [0.15, 0.2) is 0 Å². The highest BCUT2D eigenvalue weighted by molar-refractivity contribution is 5.84. The largest absolute Gasteiger partial charge is 0.475 e. The maximum absolute atomic E-state index is 11.6. The van der Waals surface area contributed by atoms with E-state index in [-0.39, 0.29) is 18.2 Å². The molecule has 1 amide bonds. The standard InChI is InChI=1S/C13H17NO4/c15-12(7-9-3-1-2-4-9)14-8-10-5-6-11(18-10)13(16)17/h5-6,9H,1-4,7-8H2,(H,14,15)(H,16,17). The van der Waals surface area contributed by atoms with Crippen LogP contribution in [0.15, 0.2) is 16.5 Å². The minimum atomic E-state index is -1.10. The number of aromatic carboxylic acids is 1. The lowest BCUT2D eigenvalue weighted by molar-refractivity contribution is -0.122. The predicted octanol–water partition coefficient (Wildman–Crippen LogP) is 2.17. The van der Waals surface area contributed by atoms with Gasteiger partial charge in [0, 0.05) is 6.42 Å². The van der Waals surface area contributed by atoms with Gasteiger partial charge in [0.1, 0.15) is 5.76 Å². The molecule has 1 aliphatic carbocycles. The number of hydrogen-bond acceptors (Lipinski definition) is 3. The molecule has 0 atom stereocenters. The smallest absolute Gasteiger partial charge is 0.371 e. The summed E-state index contributed by atoms with van der Waals surface area (Å²) >= 11 is 0. The van der Waals surface area contributed by atoms with E-state index in [0.717, 1.165) is 12.8 Å². The summed E-state index contributed by atoms with van der Waals surface area (Å²) in [5.41, 5.74) is 0. The van der Waals surface area contributed by atoms with E-state index in [1.54, 1.807) is 6.07 Å². The van der Waals surface area contributed by atoms with Gasteiger partial charge >= 0.3 is 5.97 Å². The van der Waals surface area contributed by atoms with E-state index in [0.29, 0.717) is 18.1 Å². The van der Waals surface area contributed by atoms with Crippen molar-refractivity contribution in [2.45, 2.75) is 38.6 Å².